The Balaban J connectivity index is 0.000000233. The predicted molar refractivity (Wildman–Crippen MR) is 195 cm³/mol. The first kappa shape index (κ1) is 27.8. The molecule has 1 radical (unpaired) electrons. The van der Waals surface area contributed by atoms with Crippen molar-refractivity contribution < 1.29 is 28.3 Å². The maximum Gasteiger partial charge on any atom is 0.0347 e. The molecule has 0 fully saturated rings. The number of rotatable bonds is 6. The van der Waals surface area contributed by atoms with Crippen molar-refractivity contribution in [2.75, 3.05) is 0 Å². The Hall–Kier alpha value is -4.30. The van der Waals surface area contributed by atoms with Gasteiger partial charge in [-0.3, -0.25) is 4.98 Å². The van der Waals surface area contributed by atoms with Crippen molar-refractivity contribution in [2.24, 2.45) is 5.41 Å². The van der Waals surface area contributed by atoms with Gasteiger partial charge in [0, 0.05) is 46.4 Å². The number of hydrogen-bond acceptors (Lipinski definition) is 2. The Morgan fingerprint density at radius 1 is 0.787 bits per heavy atom. The van der Waals surface area contributed by atoms with E-state index in [2.05, 4.69) is 23.0 Å². The molecular formula is C44H44IrN2-2. The fraction of sp³-hybridized carbons (Fsp3) is 0.205. The van der Waals surface area contributed by atoms with E-state index in [4.69, 9.17) is 8.22 Å². The van der Waals surface area contributed by atoms with Crippen LogP contribution in [-0.4, -0.2) is 9.97 Å². The first-order valence-electron chi connectivity index (χ1n) is 18.4. The normalized spacial score (nSPS) is 13.6. The van der Waals surface area contributed by atoms with E-state index in [0.717, 1.165) is 39.1 Å². The van der Waals surface area contributed by atoms with Crippen LogP contribution >= 0.6 is 0 Å². The molecule has 6 rings (SSSR count). The molecule has 6 aromatic rings. The van der Waals surface area contributed by atoms with Gasteiger partial charge in [-0.05, 0) is 68.9 Å². The third kappa shape index (κ3) is 9.61. The summed E-state index contributed by atoms with van der Waals surface area (Å²) in [5.41, 5.74) is 8.92. The fourth-order valence-electron chi connectivity index (χ4n) is 5.08. The minimum Gasteiger partial charge on any atom is -0.305 e. The average molecular weight is 799 g/mol. The summed E-state index contributed by atoms with van der Waals surface area (Å²) in [5.74, 6) is -0.723. The van der Waals surface area contributed by atoms with Gasteiger partial charge in [-0.15, -0.1) is 47.5 Å². The van der Waals surface area contributed by atoms with Gasteiger partial charge in [-0.1, -0.05) is 114 Å². The summed E-state index contributed by atoms with van der Waals surface area (Å²) in [7, 11) is 0. The van der Waals surface area contributed by atoms with Crippen LogP contribution in [0.4, 0.5) is 0 Å². The van der Waals surface area contributed by atoms with Crippen molar-refractivity contribution in [3.05, 3.63) is 163 Å². The molecule has 0 aliphatic heterocycles. The third-order valence-corrected chi connectivity index (χ3v) is 7.43. The maximum absolute atomic E-state index is 8.39. The van der Waals surface area contributed by atoms with E-state index < -0.39 is 24.5 Å². The third-order valence-electron chi connectivity index (χ3n) is 7.43. The van der Waals surface area contributed by atoms with Crippen LogP contribution in [0.25, 0.3) is 44.8 Å². The number of nitrogens with zero attached hydrogens (tertiary/aromatic N) is 2. The summed E-state index contributed by atoms with van der Waals surface area (Å²) in [6, 6.07) is 39.4. The van der Waals surface area contributed by atoms with Crippen LogP contribution in [0.2, 0.25) is 0 Å². The molecule has 0 bridgehead atoms. The molecule has 241 valence electrons. The molecule has 0 unspecified atom stereocenters. The number of pyridine rings is 2. The van der Waals surface area contributed by atoms with E-state index in [1.165, 1.54) is 0 Å². The molecule has 0 saturated carbocycles. The summed E-state index contributed by atoms with van der Waals surface area (Å²) < 4.78 is 48.6. The van der Waals surface area contributed by atoms with Gasteiger partial charge < -0.3 is 4.98 Å². The molecule has 0 aliphatic carbocycles. The molecule has 2 nitrogen and oxygen atoms in total. The SMILES string of the molecule is [2H]C([2H])([2H])c1cc([CH2-])c(-c2ccc(C([2H])(C)C)cn2)cc1-c1ccccc1.[2H]C([2H])(c1ccc(-c2ccnc(-c3[c-]cccc3)c2)cc1)C(C)(C)C.[Ir]. The molecule has 2 heterocycles. The number of aromatic nitrogens is 2. The van der Waals surface area contributed by atoms with Gasteiger partial charge >= 0.3 is 0 Å². The molecule has 47 heavy (non-hydrogen) atoms. The monoisotopic (exact) mass is 799 g/mol. The van der Waals surface area contributed by atoms with E-state index in [9.17, 15) is 0 Å². The molecule has 0 saturated heterocycles. The van der Waals surface area contributed by atoms with Gasteiger partial charge in [0.2, 0.25) is 0 Å². The topological polar surface area (TPSA) is 25.8 Å². The molecular weight excluding hydrogens is 749 g/mol. The van der Waals surface area contributed by atoms with Crippen molar-refractivity contribution >= 4 is 0 Å². The van der Waals surface area contributed by atoms with Crippen LogP contribution in [0.15, 0.2) is 128 Å². The molecule has 0 atom stereocenters. The van der Waals surface area contributed by atoms with Crippen LogP contribution in [0.5, 0.6) is 0 Å². The zero-order chi connectivity index (χ0) is 37.9. The minimum absolute atomic E-state index is 0. The summed E-state index contributed by atoms with van der Waals surface area (Å²) in [4.78, 5) is 8.94. The van der Waals surface area contributed by atoms with E-state index in [1.807, 2.05) is 144 Å². The average Bonchev–Trinajstić information content (AvgIpc) is 3.11. The summed E-state index contributed by atoms with van der Waals surface area (Å²) in [6.45, 7) is 11.2. The second-order valence-electron chi connectivity index (χ2n) is 12.5. The Morgan fingerprint density at radius 2 is 1.53 bits per heavy atom. The number of benzene rings is 4. The van der Waals surface area contributed by atoms with Gasteiger partial charge in [0.25, 0.3) is 0 Å². The van der Waals surface area contributed by atoms with Gasteiger partial charge in [0.15, 0.2) is 0 Å². The first-order chi connectivity index (χ1) is 24.4. The predicted octanol–water partition coefficient (Wildman–Crippen LogP) is 11.8. The second-order valence-corrected chi connectivity index (χ2v) is 12.5. The van der Waals surface area contributed by atoms with Gasteiger partial charge in [-0.2, -0.15) is 18.6 Å². The van der Waals surface area contributed by atoms with E-state index >= 15 is 0 Å². The zero-order valence-electron chi connectivity index (χ0n) is 33.6. The molecule has 0 N–H and O–H groups in total. The van der Waals surface area contributed by atoms with Crippen LogP contribution in [0.3, 0.4) is 0 Å². The van der Waals surface area contributed by atoms with E-state index in [0.29, 0.717) is 22.4 Å². The first-order valence-corrected chi connectivity index (χ1v) is 15.4. The maximum atomic E-state index is 8.39. The van der Waals surface area contributed by atoms with Crippen LogP contribution in [0.1, 0.15) is 71.0 Å². The molecule has 0 amide bonds. The Labute approximate surface area is 304 Å². The summed E-state index contributed by atoms with van der Waals surface area (Å²) in [5, 5.41) is 0. The number of hydrogen-bond donors (Lipinski definition) is 0. The molecule has 0 aliphatic rings. The molecule has 2 aromatic heterocycles. The van der Waals surface area contributed by atoms with Crippen molar-refractivity contribution in [3.8, 4) is 44.8 Å². The summed E-state index contributed by atoms with van der Waals surface area (Å²) >= 11 is 0. The Morgan fingerprint density at radius 3 is 2.15 bits per heavy atom. The standard InChI is InChI=1S/2C22H22N.Ir/c1-15(2)19-10-11-22(23-14-19)21-13-20(16(3)12-17(21)4)18-8-6-5-7-9-18;1-22(2,3)16-17-9-11-18(12-10-17)20-13-14-23-21(15-20)19-7-5-4-6-8-19;/h5-15H,4H2,1-3H3;4-7,9-15H,16H2,1-3H3;/q2*-1;/i3D3,15D;16D2;. The summed E-state index contributed by atoms with van der Waals surface area (Å²) in [6.07, 6.45) is 2.11. The van der Waals surface area contributed by atoms with E-state index in [-0.39, 0.29) is 25.7 Å². The van der Waals surface area contributed by atoms with Gasteiger partial charge in [-0.25, -0.2) is 0 Å². The molecule has 3 heteroatoms. The largest absolute Gasteiger partial charge is 0.305 e. The number of aryl methyl sites for hydroxylation is 1. The van der Waals surface area contributed by atoms with Crippen molar-refractivity contribution in [2.45, 2.75) is 53.7 Å². The quantitative estimate of drug-likeness (QED) is 0.157. The van der Waals surface area contributed by atoms with Crippen LogP contribution in [0, 0.1) is 25.3 Å². The zero-order valence-corrected chi connectivity index (χ0v) is 30.0. The molecule has 0 spiro atoms. The molecule has 4 aromatic carbocycles. The van der Waals surface area contributed by atoms with Crippen LogP contribution < -0.4 is 0 Å². The fourth-order valence-corrected chi connectivity index (χ4v) is 5.08. The van der Waals surface area contributed by atoms with Crippen molar-refractivity contribution in [1.82, 2.24) is 9.97 Å². The van der Waals surface area contributed by atoms with Gasteiger partial charge in [0.1, 0.15) is 0 Å². The van der Waals surface area contributed by atoms with Crippen molar-refractivity contribution in [1.29, 1.82) is 0 Å². The Kier molecular flexibility index (Phi) is 9.46. The van der Waals surface area contributed by atoms with Gasteiger partial charge in [0.05, 0.1) is 0 Å². The van der Waals surface area contributed by atoms with Crippen LogP contribution in [-0.2, 0) is 26.5 Å². The van der Waals surface area contributed by atoms with Crippen molar-refractivity contribution in [3.63, 3.8) is 0 Å². The Bertz CT molecular complexity index is 2100. The second kappa shape index (κ2) is 16.0. The minimum atomic E-state index is -2.23. The smallest absolute Gasteiger partial charge is 0.0347 e. The van der Waals surface area contributed by atoms with E-state index in [1.54, 1.807) is 18.5 Å².